The number of fused-ring (bicyclic) bond motifs is 1. The van der Waals surface area contributed by atoms with Gasteiger partial charge in [-0.1, -0.05) is 26.0 Å². The van der Waals surface area contributed by atoms with Gasteiger partial charge in [-0.05, 0) is 40.5 Å². The molecule has 2 aromatic rings. The van der Waals surface area contributed by atoms with Crippen LogP contribution in [0.4, 0.5) is 17.6 Å². The quantitative estimate of drug-likeness (QED) is 0.471. The monoisotopic (exact) mass is 350 g/mol. The van der Waals surface area contributed by atoms with Crippen molar-refractivity contribution in [3.63, 3.8) is 0 Å². The molecule has 0 saturated carbocycles. The highest BCUT2D eigenvalue weighted by molar-refractivity contribution is 6.21. The van der Waals surface area contributed by atoms with Crippen molar-refractivity contribution >= 4 is 22.4 Å². The summed E-state index contributed by atoms with van der Waals surface area (Å²) >= 11 is 6.29. The van der Waals surface area contributed by atoms with Crippen molar-refractivity contribution in [1.82, 2.24) is 0 Å². The molecule has 2 aromatic carbocycles. The molecule has 1 atom stereocenters. The molecular weight excluding hydrogens is 336 g/mol. The standard InChI is InChI=1S/C16H15ClF4O2/c1-8(2)14(17)10-4-3-9-6-12(22-15(18)19)13(23-16(20)21)7-11(9)5-10/h3-8,14-16H,1-2H3. The van der Waals surface area contributed by atoms with Crippen LogP contribution in [0.2, 0.25) is 0 Å². The number of hydrogen-bond acceptors (Lipinski definition) is 2. The molecule has 0 saturated heterocycles. The van der Waals surface area contributed by atoms with Crippen LogP contribution in [0.1, 0.15) is 24.8 Å². The second-order valence-electron chi connectivity index (χ2n) is 5.31. The van der Waals surface area contributed by atoms with E-state index in [2.05, 4.69) is 9.47 Å². The van der Waals surface area contributed by atoms with E-state index in [-0.39, 0.29) is 11.3 Å². The van der Waals surface area contributed by atoms with Gasteiger partial charge in [-0.25, -0.2) is 0 Å². The molecular formula is C16H15ClF4O2. The fourth-order valence-corrected chi connectivity index (χ4v) is 2.34. The van der Waals surface area contributed by atoms with E-state index in [4.69, 9.17) is 11.6 Å². The summed E-state index contributed by atoms with van der Waals surface area (Å²) in [6.45, 7) is -2.38. The zero-order valence-electron chi connectivity index (χ0n) is 12.4. The van der Waals surface area contributed by atoms with Crippen LogP contribution < -0.4 is 9.47 Å². The lowest BCUT2D eigenvalue weighted by atomic mass is 9.99. The van der Waals surface area contributed by atoms with Crippen LogP contribution in [-0.4, -0.2) is 13.2 Å². The lowest BCUT2D eigenvalue weighted by Crippen LogP contribution is -2.07. The molecule has 0 aliphatic rings. The fraction of sp³-hybridized carbons (Fsp3) is 0.375. The smallest absolute Gasteiger partial charge is 0.387 e. The number of rotatable bonds is 6. The summed E-state index contributed by atoms with van der Waals surface area (Å²) < 4.78 is 58.3. The number of halogens is 5. The summed E-state index contributed by atoms with van der Waals surface area (Å²) in [5, 5.41) is 0.848. The molecule has 0 aliphatic heterocycles. The minimum Gasteiger partial charge on any atom is -0.431 e. The van der Waals surface area contributed by atoms with Gasteiger partial charge in [-0.15, -0.1) is 11.6 Å². The first-order chi connectivity index (χ1) is 10.8. The molecule has 7 heteroatoms. The third-order valence-corrected chi connectivity index (χ3v) is 4.02. The van der Waals surface area contributed by atoms with Gasteiger partial charge in [0.05, 0.1) is 5.38 Å². The third-order valence-electron chi connectivity index (χ3n) is 3.26. The Kier molecular flexibility index (Phi) is 5.57. The van der Waals surface area contributed by atoms with Crippen molar-refractivity contribution in [2.45, 2.75) is 32.4 Å². The highest BCUT2D eigenvalue weighted by atomic mass is 35.5. The normalized spacial score (nSPS) is 13.1. The van der Waals surface area contributed by atoms with Crippen LogP contribution in [0.25, 0.3) is 10.8 Å². The number of ether oxygens (including phenoxy) is 2. The highest BCUT2D eigenvalue weighted by Crippen LogP contribution is 2.37. The molecule has 1 unspecified atom stereocenters. The van der Waals surface area contributed by atoms with Gasteiger partial charge in [0.25, 0.3) is 0 Å². The van der Waals surface area contributed by atoms with Gasteiger partial charge >= 0.3 is 13.2 Å². The second kappa shape index (κ2) is 7.25. The van der Waals surface area contributed by atoms with E-state index in [9.17, 15) is 17.6 Å². The van der Waals surface area contributed by atoms with Crippen LogP contribution in [0, 0.1) is 5.92 Å². The Balaban J connectivity index is 2.50. The molecule has 0 fully saturated rings. The summed E-state index contributed by atoms with van der Waals surface area (Å²) in [6.07, 6.45) is 0. The average Bonchev–Trinajstić information content (AvgIpc) is 2.45. The topological polar surface area (TPSA) is 18.5 Å². The van der Waals surface area contributed by atoms with Gasteiger partial charge in [0, 0.05) is 0 Å². The van der Waals surface area contributed by atoms with Crippen molar-refractivity contribution < 1.29 is 27.0 Å². The van der Waals surface area contributed by atoms with Crippen LogP contribution in [0.15, 0.2) is 30.3 Å². The minimum atomic E-state index is -3.15. The van der Waals surface area contributed by atoms with Gasteiger partial charge < -0.3 is 9.47 Å². The van der Waals surface area contributed by atoms with Gasteiger partial charge in [0.1, 0.15) is 0 Å². The maximum absolute atomic E-state index is 12.5. The van der Waals surface area contributed by atoms with E-state index >= 15 is 0 Å². The van der Waals surface area contributed by atoms with E-state index in [0.29, 0.717) is 10.8 Å². The van der Waals surface area contributed by atoms with E-state index in [1.807, 2.05) is 13.8 Å². The van der Waals surface area contributed by atoms with E-state index in [1.54, 1.807) is 18.2 Å². The number of benzene rings is 2. The molecule has 2 nitrogen and oxygen atoms in total. The van der Waals surface area contributed by atoms with Crippen LogP contribution >= 0.6 is 11.6 Å². The molecule has 0 aliphatic carbocycles. The van der Waals surface area contributed by atoms with Gasteiger partial charge in [-0.2, -0.15) is 17.6 Å². The van der Waals surface area contributed by atoms with Crippen molar-refractivity contribution in [3.8, 4) is 11.5 Å². The van der Waals surface area contributed by atoms with Crippen LogP contribution in [0.5, 0.6) is 11.5 Å². The first-order valence-electron chi connectivity index (χ1n) is 6.89. The van der Waals surface area contributed by atoms with E-state index in [1.165, 1.54) is 12.1 Å². The molecule has 0 amide bonds. The average molecular weight is 351 g/mol. The molecule has 0 N–H and O–H groups in total. The zero-order valence-corrected chi connectivity index (χ0v) is 13.2. The Morgan fingerprint density at radius 2 is 1.35 bits per heavy atom. The van der Waals surface area contributed by atoms with Crippen molar-refractivity contribution in [2.75, 3.05) is 0 Å². The molecule has 23 heavy (non-hydrogen) atoms. The van der Waals surface area contributed by atoms with Crippen LogP contribution in [0.3, 0.4) is 0 Å². The van der Waals surface area contributed by atoms with Gasteiger partial charge in [0.2, 0.25) is 0 Å². The Morgan fingerprint density at radius 3 is 1.83 bits per heavy atom. The minimum absolute atomic E-state index is 0.173. The fourth-order valence-electron chi connectivity index (χ4n) is 2.21. The summed E-state index contributed by atoms with van der Waals surface area (Å²) in [5.74, 6) is -0.709. The number of alkyl halides is 5. The van der Waals surface area contributed by atoms with Gasteiger partial charge in [-0.3, -0.25) is 0 Å². The Bertz CT molecular complexity index is 676. The van der Waals surface area contributed by atoms with Crippen molar-refractivity contribution in [2.24, 2.45) is 5.92 Å². The summed E-state index contributed by atoms with van der Waals surface area (Å²) in [7, 11) is 0. The lowest BCUT2D eigenvalue weighted by molar-refractivity contribution is -0.0690. The predicted octanol–water partition coefficient (Wildman–Crippen LogP) is 5.98. The molecule has 2 rings (SSSR count). The van der Waals surface area contributed by atoms with E-state index in [0.717, 1.165) is 5.56 Å². The second-order valence-corrected chi connectivity index (χ2v) is 5.78. The van der Waals surface area contributed by atoms with Crippen LogP contribution in [-0.2, 0) is 0 Å². The Hall–Kier alpha value is -1.69. The van der Waals surface area contributed by atoms with Gasteiger partial charge in [0.15, 0.2) is 11.5 Å². The van der Waals surface area contributed by atoms with Crippen molar-refractivity contribution in [3.05, 3.63) is 35.9 Å². The summed E-state index contributed by atoms with van der Waals surface area (Å²) in [4.78, 5) is 0. The maximum atomic E-state index is 12.5. The first kappa shape index (κ1) is 17.7. The molecule has 0 bridgehead atoms. The van der Waals surface area contributed by atoms with E-state index < -0.39 is 24.7 Å². The Labute approximate surface area is 135 Å². The highest BCUT2D eigenvalue weighted by Gasteiger charge is 2.17. The lowest BCUT2D eigenvalue weighted by Gasteiger charge is -2.16. The third kappa shape index (κ3) is 4.41. The number of hydrogen-bond donors (Lipinski definition) is 0. The first-order valence-corrected chi connectivity index (χ1v) is 7.33. The predicted molar refractivity (Wildman–Crippen MR) is 80.6 cm³/mol. The molecule has 0 heterocycles. The maximum Gasteiger partial charge on any atom is 0.387 e. The van der Waals surface area contributed by atoms with Crippen molar-refractivity contribution in [1.29, 1.82) is 0 Å². The Morgan fingerprint density at radius 1 is 0.826 bits per heavy atom. The molecule has 126 valence electrons. The zero-order chi connectivity index (χ0) is 17.1. The largest absolute Gasteiger partial charge is 0.431 e. The molecule has 0 aromatic heterocycles. The molecule has 0 radical (unpaired) electrons. The molecule has 0 spiro atoms. The SMILES string of the molecule is CC(C)C(Cl)c1ccc2cc(OC(F)F)c(OC(F)F)cc2c1. The summed E-state index contributed by atoms with van der Waals surface area (Å²) in [6, 6.07) is 7.64. The summed E-state index contributed by atoms with van der Waals surface area (Å²) in [5.41, 5.74) is 0.805.